The summed E-state index contributed by atoms with van der Waals surface area (Å²) in [7, 11) is -1.44. The standard InChI is InChI=1S/C18H23N3O2S2/c1-20(14-15-5-7-16(24-2)8-6-15)18-10-9-17(13-19-18)25(22,23)21-11-3-4-12-21/h5-10,13H,3-4,11-12,14H2,1-2H3. The van der Waals surface area contributed by atoms with E-state index in [0.29, 0.717) is 13.1 Å². The zero-order valence-electron chi connectivity index (χ0n) is 14.6. The summed E-state index contributed by atoms with van der Waals surface area (Å²) in [4.78, 5) is 7.89. The fourth-order valence-corrected chi connectivity index (χ4v) is 4.79. The summed E-state index contributed by atoms with van der Waals surface area (Å²) in [6, 6.07) is 11.9. The molecule has 0 atom stereocenters. The van der Waals surface area contributed by atoms with E-state index in [1.807, 2.05) is 11.9 Å². The van der Waals surface area contributed by atoms with Crippen molar-refractivity contribution < 1.29 is 8.42 Å². The van der Waals surface area contributed by atoms with Crippen molar-refractivity contribution in [2.24, 2.45) is 0 Å². The zero-order chi connectivity index (χ0) is 17.9. The Kier molecular flexibility index (Phi) is 5.66. The van der Waals surface area contributed by atoms with Crippen LogP contribution in [0, 0.1) is 0 Å². The molecule has 0 spiro atoms. The highest BCUT2D eigenvalue weighted by Gasteiger charge is 2.27. The molecule has 2 heterocycles. The van der Waals surface area contributed by atoms with Gasteiger partial charge in [-0.1, -0.05) is 12.1 Å². The smallest absolute Gasteiger partial charge is 0.244 e. The average Bonchev–Trinajstić information content (AvgIpc) is 3.18. The zero-order valence-corrected chi connectivity index (χ0v) is 16.2. The second-order valence-corrected chi connectivity index (χ2v) is 8.99. The van der Waals surface area contributed by atoms with E-state index in [2.05, 4.69) is 35.5 Å². The van der Waals surface area contributed by atoms with Crippen LogP contribution >= 0.6 is 11.8 Å². The van der Waals surface area contributed by atoms with Crippen molar-refractivity contribution in [1.29, 1.82) is 0 Å². The fourth-order valence-electron chi connectivity index (χ4n) is 2.91. The van der Waals surface area contributed by atoms with Crippen molar-refractivity contribution in [3.63, 3.8) is 0 Å². The van der Waals surface area contributed by atoms with E-state index in [0.717, 1.165) is 25.2 Å². The van der Waals surface area contributed by atoms with Crippen LogP contribution in [-0.2, 0) is 16.6 Å². The molecule has 0 bridgehead atoms. The van der Waals surface area contributed by atoms with Crippen molar-refractivity contribution in [3.8, 4) is 0 Å². The van der Waals surface area contributed by atoms with Crippen molar-refractivity contribution in [3.05, 3.63) is 48.2 Å². The second kappa shape index (κ2) is 7.76. The molecule has 2 aromatic rings. The van der Waals surface area contributed by atoms with Gasteiger partial charge in [0.1, 0.15) is 10.7 Å². The van der Waals surface area contributed by atoms with Gasteiger partial charge < -0.3 is 4.90 Å². The van der Waals surface area contributed by atoms with Crippen molar-refractivity contribution >= 4 is 27.6 Å². The molecule has 3 rings (SSSR count). The lowest BCUT2D eigenvalue weighted by Crippen LogP contribution is -2.28. The lowest BCUT2D eigenvalue weighted by Gasteiger charge is -2.19. The van der Waals surface area contributed by atoms with Gasteiger partial charge in [-0.15, -0.1) is 11.8 Å². The molecule has 1 aliphatic heterocycles. The molecule has 1 fully saturated rings. The number of thioether (sulfide) groups is 1. The van der Waals surface area contributed by atoms with Gasteiger partial charge in [-0.05, 0) is 48.9 Å². The van der Waals surface area contributed by atoms with Crippen LogP contribution in [0.1, 0.15) is 18.4 Å². The minimum atomic E-state index is -3.40. The Bertz CT molecular complexity index is 799. The third kappa shape index (κ3) is 4.16. The number of anilines is 1. The normalized spacial score (nSPS) is 15.4. The Morgan fingerprint density at radius 3 is 2.36 bits per heavy atom. The lowest BCUT2D eigenvalue weighted by atomic mass is 10.2. The molecule has 0 saturated carbocycles. The van der Waals surface area contributed by atoms with Crippen LogP contribution in [-0.4, -0.2) is 44.1 Å². The van der Waals surface area contributed by atoms with Crippen LogP contribution in [0.5, 0.6) is 0 Å². The predicted octanol–water partition coefficient (Wildman–Crippen LogP) is 3.22. The maximum Gasteiger partial charge on any atom is 0.244 e. The molecular weight excluding hydrogens is 354 g/mol. The van der Waals surface area contributed by atoms with E-state index < -0.39 is 10.0 Å². The van der Waals surface area contributed by atoms with E-state index in [1.54, 1.807) is 28.2 Å². The monoisotopic (exact) mass is 377 g/mol. The minimum absolute atomic E-state index is 0.274. The van der Waals surface area contributed by atoms with Gasteiger partial charge in [0, 0.05) is 37.8 Å². The maximum absolute atomic E-state index is 12.5. The Labute approximate surface area is 154 Å². The fraction of sp³-hybridized carbons (Fsp3) is 0.389. The number of rotatable bonds is 6. The van der Waals surface area contributed by atoms with Crippen LogP contribution in [0.15, 0.2) is 52.4 Å². The molecule has 1 aliphatic rings. The van der Waals surface area contributed by atoms with Crippen LogP contribution in [0.2, 0.25) is 0 Å². The Morgan fingerprint density at radius 2 is 1.80 bits per heavy atom. The molecule has 0 N–H and O–H groups in total. The molecule has 0 aliphatic carbocycles. The molecule has 5 nitrogen and oxygen atoms in total. The maximum atomic E-state index is 12.5. The molecular formula is C18H23N3O2S2. The second-order valence-electron chi connectivity index (χ2n) is 6.17. The minimum Gasteiger partial charge on any atom is -0.355 e. The molecule has 7 heteroatoms. The number of pyridine rings is 1. The van der Waals surface area contributed by atoms with Crippen LogP contribution in [0.25, 0.3) is 0 Å². The first-order chi connectivity index (χ1) is 12.0. The number of aromatic nitrogens is 1. The van der Waals surface area contributed by atoms with Crippen molar-refractivity contribution in [2.45, 2.75) is 29.2 Å². The molecule has 1 saturated heterocycles. The predicted molar refractivity (Wildman–Crippen MR) is 103 cm³/mol. The molecule has 0 amide bonds. The highest BCUT2D eigenvalue weighted by atomic mass is 32.2. The topological polar surface area (TPSA) is 53.5 Å². The number of benzene rings is 1. The highest BCUT2D eigenvalue weighted by molar-refractivity contribution is 7.98. The van der Waals surface area contributed by atoms with Gasteiger partial charge in [-0.2, -0.15) is 4.31 Å². The van der Waals surface area contributed by atoms with Crippen LogP contribution < -0.4 is 4.90 Å². The summed E-state index contributed by atoms with van der Waals surface area (Å²) in [6.07, 6.45) is 5.39. The van der Waals surface area contributed by atoms with E-state index in [4.69, 9.17) is 0 Å². The van der Waals surface area contributed by atoms with E-state index in [9.17, 15) is 8.42 Å². The van der Waals surface area contributed by atoms with Crippen LogP contribution in [0.4, 0.5) is 5.82 Å². The summed E-state index contributed by atoms with van der Waals surface area (Å²) in [5.74, 6) is 0.759. The summed E-state index contributed by atoms with van der Waals surface area (Å²) in [5, 5.41) is 0. The van der Waals surface area contributed by atoms with E-state index in [1.165, 1.54) is 16.7 Å². The van der Waals surface area contributed by atoms with Gasteiger partial charge in [0.2, 0.25) is 10.0 Å². The Morgan fingerprint density at radius 1 is 1.12 bits per heavy atom. The van der Waals surface area contributed by atoms with Crippen molar-refractivity contribution in [1.82, 2.24) is 9.29 Å². The highest BCUT2D eigenvalue weighted by Crippen LogP contribution is 2.22. The van der Waals surface area contributed by atoms with Crippen molar-refractivity contribution in [2.75, 3.05) is 31.3 Å². The first kappa shape index (κ1) is 18.2. The van der Waals surface area contributed by atoms with E-state index in [-0.39, 0.29) is 4.90 Å². The molecule has 0 radical (unpaired) electrons. The van der Waals surface area contributed by atoms with Gasteiger partial charge >= 0.3 is 0 Å². The molecule has 1 aromatic heterocycles. The lowest BCUT2D eigenvalue weighted by molar-refractivity contribution is 0.477. The number of nitrogens with zero attached hydrogens (tertiary/aromatic N) is 3. The summed E-state index contributed by atoms with van der Waals surface area (Å²) >= 11 is 1.72. The largest absolute Gasteiger partial charge is 0.355 e. The average molecular weight is 378 g/mol. The number of hydrogen-bond donors (Lipinski definition) is 0. The first-order valence-electron chi connectivity index (χ1n) is 8.31. The molecule has 1 aromatic carbocycles. The van der Waals surface area contributed by atoms with Gasteiger partial charge in [0.05, 0.1) is 0 Å². The number of sulfonamides is 1. The summed E-state index contributed by atoms with van der Waals surface area (Å²) in [6.45, 7) is 1.94. The summed E-state index contributed by atoms with van der Waals surface area (Å²) < 4.78 is 26.6. The summed E-state index contributed by atoms with van der Waals surface area (Å²) in [5.41, 5.74) is 1.19. The quantitative estimate of drug-likeness (QED) is 0.724. The Hall–Kier alpha value is -1.57. The van der Waals surface area contributed by atoms with E-state index >= 15 is 0 Å². The van der Waals surface area contributed by atoms with Crippen LogP contribution in [0.3, 0.4) is 0 Å². The van der Waals surface area contributed by atoms with Gasteiger partial charge in [0.15, 0.2) is 0 Å². The molecule has 25 heavy (non-hydrogen) atoms. The number of hydrogen-bond acceptors (Lipinski definition) is 5. The first-order valence-corrected chi connectivity index (χ1v) is 11.0. The van der Waals surface area contributed by atoms with Gasteiger partial charge in [-0.3, -0.25) is 0 Å². The third-order valence-electron chi connectivity index (χ3n) is 4.39. The van der Waals surface area contributed by atoms with Gasteiger partial charge in [-0.25, -0.2) is 13.4 Å². The molecule has 134 valence electrons. The van der Waals surface area contributed by atoms with Gasteiger partial charge in [0.25, 0.3) is 0 Å². The SMILES string of the molecule is CSc1ccc(CN(C)c2ccc(S(=O)(=O)N3CCCC3)cn2)cc1. The third-order valence-corrected chi connectivity index (χ3v) is 7.02. The molecule has 0 unspecified atom stereocenters. The Balaban J connectivity index is 1.70.